The molecule has 5 aromatic rings. The Morgan fingerprint density at radius 3 is 2.53 bits per heavy atom. The predicted molar refractivity (Wildman–Crippen MR) is 167 cm³/mol. The standard InChI is InChI=1S/C33H32F2N10/c1-19-24(22-15-40-41-16-22)6-5-7-25(19)30(27-17-45(44-43-27)33(8-9-33)31(34)35)42-23-10-20(12-36)28-26(11-23)29(21(13-37)14-38-28)39-18-32(2,3)4/h5-7,10-11,14-17,30-31,42H,8-9,18H2,1-4H3,(H,38,39)(H,40,41)/t30-/m0/s1. The molecule has 0 bridgehead atoms. The Hall–Kier alpha value is -5.36. The van der Waals surface area contributed by atoms with Gasteiger partial charge in [0, 0.05) is 35.6 Å². The molecule has 3 N–H and O–H groups in total. The highest BCUT2D eigenvalue weighted by molar-refractivity contribution is 5.99. The van der Waals surface area contributed by atoms with Gasteiger partial charge in [-0.2, -0.15) is 15.6 Å². The van der Waals surface area contributed by atoms with Crippen molar-refractivity contribution in [3.63, 3.8) is 0 Å². The maximum absolute atomic E-state index is 14.0. The number of aromatic amines is 1. The first-order valence-electron chi connectivity index (χ1n) is 14.6. The van der Waals surface area contributed by atoms with E-state index in [4.69, 9.17) is 0 Å². The summed E-state index contributed by atoms with van der Waals surface area (Å²) in [5.41, 5.74) is 4.94. The molecule has 3 heterocycles. The van der Waals surface area contributed by atoms with Crippen LogP contribution >= 0.6 is 0 Å². The molecule has 0 spiro atoms. The molecule has 1 aliphatic carbocycles. The van der Waals surface area contributed by atoms with E-state index in [1.54, 1.807) is 24.7 Å². The Bertz CT molecular complexity index is 1950. The van der Waals surface area contributed by atoms with E-state index >= 15 is 0 Å². The van der Waals surface area contributed by atoms with Gasteiger partial charge in [-0.25, -0.2) is 13.5 Å². The van der Waals surface area contributed by atoms with E-state index in [0.717, 1.165) is 22.3 Å². The summed E-state index contributed by atoms with van der Waals surface area (Å²) < 4.78 is 29.3. The van der Waals surface area contributed by atoms with Gasteiger partial charge in [-0.15, -0.1) is 5.10 Å². The molecule has 0 saturated heterocycles. The van der Waals surface area contributed by atoms with Crippen LogP contribution < -0.4 is 10.6 Å². The summed E-state index contributed by atoms with van der Waals surface area (Å²) in [5.74, 6) is 0. The van der Waals surface area contributed by atoms with Gasteiger partial charge in [0.05, 0.1) is 40.8 Å². The lowest BCUT2D eigenvalue weighted by Gasteiger charge is -2.23. The summed E-state index contributed by atoms with van der Waals surface area (Å²) in [6, 6.07) is 13.2. The largest absolute Gasteiger partial charge is 0.383 e. The first-order chi connectivity index (χ1) is 21.5. The van der Waals surface area contributed by atoms with E-state index in [9.17, 15) is 19.3 Å². The normalized spacial score (nSPS) is 14.6. The molecule has 0 radical (unpaired) electrons. The van der Waals surface area contributed by atoms with Gasteiger partial charge < -0.3 is 10.6 Å². The van der Waals surface area contributed by atoms with Crippen LogP contribution in [0.4, 0.5) is 20.2 Å². The average molecular weight is 607 g/mol. The lowest BCUT2D eigenvalue weighted by atomic mass is 9.92. The Kier molecular flexibility index (Phi) is 7.45. The number of nitrogens with one attached hydrogen (secondary N) is 3. The average Bonchev–Trinajstić information content (AvgIpc) is 3.39. The van der Waals surface area contributed by atoms with Crippen molar-refractivity contribution in [1.82, 2.24) is 30.2 Å². The number of anilines is 2. The fourth-order valence-corrected chi connectivity index (χ4v) is 5.56. The number of rotatable bonds is 9. The summed E-state index contributed by atoms with van der Waals surface area (Å²) in [6.07, 6.45) is 4.69. The van der Waals surface area contributed by atoms with Gasteiger partial charge >= 0.3 is 0 Å². The van der Waals surface area contributed by atoms with Crippen molar-refractivity contribution in [3.8, 4) is 23.3 Å². The summed E-state index contributed by atoms with van der Waals surface area (Å²) >= 11 is 0. The molecule has 3 aromatic heterocycles. The number of hydrogen-bond donors (Lipinski definition) is 3. The lowest BCUT2D eigenvalue weighted by molar-refractivity contribution is 0.0593. The molecule has 228 valence electrons. The molecule has 1 fully saturated rings. The second-order valence-electron chi connectivity index (χ2n) is 12.7. The smallest absolute Gasteiger partial charge is 0.263 e. The highest BCUT2D eigenvalue weighted by Gasteiger charge is 2.54. The van der Waals surface area contributed by atoms with Crippen LogP contribution in [-0.4, -0.2) is 43.1 Å². The van der Waals surface area contributed by atoms with E-state index in [2.05, 4.69) is 69.0 Å². The van der Waals surface area contributed by atoms with Gasteiger partial charge in [0.2, 0.25) is 0 Å². The van der Waals surface area contributed by atoms with Crippen molar-refractivity contribution in [2.24, 2.45) is 5.41 Å². The molecule has 6 rings (SSSR count). The number of benzene rings is 2. The second-order valence-corrected chi connectivity index (χ2v) is 12.7. The maximum atomic E-state index is 14.0. The molecule has 12 heteroatoms. The minimum atomic E-state index is -2.57. The number of H-pyrrole nitrogens is 1. The van der Waals surface area contributed by atoms with Crippen LogP contribution in [0.15, 0.2) is 55.1 Å². The highest BCUT2D eigenvalue weighted by atomic mass is 19.3. The Morgan fingerprint density at radius 1 is 1.11 bits per heavy atom. The monoisotopic (exact) mass is 606 g/mol. The van der Waals surface area contributed by atoms with Crippen molar-refractivity contribution in [3.05, 3.63) is 83.1 Å². The topological polar surface area (TPSA) is 144 Å². The third-order valence-electron chi connectivity index (χ3n) is 8.25. The number of hydrogen-bond acceptors (Lipinski definition) is 8. The molecule has 1 atom stereocenters. The molecule has 0 unspecified atom stereocenters. The van der Waals surface area contributed by atoms with Crippen molar-refractivity contribution < 1.29 is 8.78 Å². The van der Waals surface area contributed by atoms with Crippen molar-refractivity contribution in [1.29, 1.82) is 10.5 Å². The van der Waals surface area contributed by atoms with Crippen LogP contribution in [0.3, 0.4) is 0 Å². The quantitative estimate of drug-likeness (QED) is 0.169. The molecule has 45 heavy (non-hydrogen) atoms. The minimum absolute atomic E-state index is 0.0815. The molecule has 10 nitrogen and oxygen atoms in total. The van der Waals surface area contributed by atoms with Crippen molar-refractivity contribution >= 4 is 22.3 Å². The zero-order valence-electron chi connectivity index (χ0n) is 25.4. The predicted octanol–water partition coefficient (Wildman–Crippen LogP) is 6.68. The van der Waals surface area contributed by atoms with E-state index in [1.807, 2.05) is 31.2 Å². The van der Waals surface area contributed by atoms with Crippen LogP contribution in [-0.2, 0) is 5.54 Å². The Morgan fingerprint density at radius 2 is 1.89 bits per heavy atom. The highest BCUT2D eigenvalue weighted by Crippen LogP contribution is 2.48. The van der Waals surface area contributed by atoms with Gasteiger partial charge in [-0.3, -0.25) is 10.1 Å². The van der Waals surface area contributed by atoms with E-state index < -0.39 is 18.0 Å². The molecule has 1 saturated carbocycles. The van der Waals surface area contributed by atoms with Gasteiger partial charge in [-0.05, 0) is 54.0 Å². The molecule has 2 aromatic carbocycles. The van der Waals surface area contributed by atoms with Crippen LogP contribution in [0.1, 0.15) is 67.6 Å². The van der Waals surface area contributed by atoms with Gasteiger partial charge in [0.15, 0.2) is 0 Å². The summed E-state index contributed by atoms with van der Waals surface area (Å²) in [6.45, 7) is 8.82. The Balaban J connectivity index is 1.50. The summed E-state index contributed by atoms with van der Waals surface area (Å²) in [4.78, 5) is 4.45. The third-order valence-corrected chi connectivity index (χ3v) is 8.25. The fraction of sp³-hybridized carbons (Fsp3) is 0.333. The van der Waals surface area contributed by atoms with Crippen LogP contribution in [0.2, 0.25) is 0 Å². The van der Waals surface area contributed by atoms with Crippen LogP contribution in [0.5, 0.6) is 0 Å². The van der Waals surface area contributed by atoms with Gasteiger partial charge in [-0.1, -0.05) is 44.2 Å². The number of nitrogens with zero attached hydrogens (tertiary/aromatic N) is 7. The van der Waals surface area contributed by atoms with Crippen molar-refractivity contribution in [2.45, 2.75) is 58.5 Å². The fourth-order valence-electron chi connectivity index (χ4n) is 5.56. The van der Waals surface area contributed by atoms with Crippen LogP contribution in [0.25, 0.3) is 22.0 Å². The van der Waals surface area contributed by atoms with Gasteiger partial charge in [0.25, 0.3) is 6.43 Å². The summed E-state index contributed by atoms with van der Waals surface area (Å²) in [7, 11) is 0. The molecule has 0 amide bonds. The zero-order valence-corrected chi connectivity index (χ0v) is 25.4. The van der Waals surface area contributed by atoms with E-state index in [-0.39, 0.29) is 5.41 Å². The first kappa shape index (κ1) is 29.7. The second kappa shape index (κ2) is 11.3. The number of nitriles is 2. The first-order valence-corrected chi connectivity index (χ1v) is 14.6. The molecule has 0 aliphatic heterocycles. The van der Waals surface area contributed by atoms with Gasteiger partial charge in [0.1, 0.15) is 23.4 Å². The Labute approximate surface area is 259 Å². The number of halogens is 2. The zero-order chi connectivity index (χ0) is 31.9. The van der Waals surface area contributed by atoms with Crippen LogP contribution in [0, 0.1) is 35.0 Å². The molecular weight excluding hydrogens is 574 g/mol. The van der Waals surface area contributed by atoms with E-state index in [1.165, 1.54) is 10.9 Å². The summed E-state index contributed by atoms with van der Waals surface area (Å²) in [5, 5.41) is 43.1. The number of aromatic nitrogens is 6. The SMILES string of the molecule is Cc1c(-c2cn[nH]c2)cccc1[C@H](Nc1cc(C#N)c2ncc(C#N)c(NCC(C)(C)C)c2c1)c1cn(C2(C(F)F)CC2)nn1. The van der Waals surface area contributed by atoms with E-state index in [0.29, 0.717) is 58.5 Å². The van der Waals surface area contributed by atoms with Crippen molar-refractivity contribution in [2.75, 3.05) is 17.2 Å². The lowest BCUT2D eigenvalue weighted by Crippen LogP contribution is -2.26. The third kappa shape index (κ3) is 5.55. The minimum Gasteiger partial charge on any atom is -0.383 e. The molecular formula is C33H32F2N10. The number of fused-ring (bicyclic) bond motifs is 1. The number of pyridine rings is 1. The molecule has 1 aliphatic rings. The maximum Gasteiger partial charge on any atom is 0.263 e. The number of alkyl halides is 2.